The van der Waals surface area contributed by atoms with E-state index in [9.17, 15) is 0 Å². The number of hydrogen-bond acceptors (Lipinski definition) is 2. The van der Waals surface area contributed by atoms with E-state index in [-0.39, 0.29) is 5.84 Å². The maximum absolute atomic E-state index is 7.40. The van der Waals surface area contributed by atoms with Gasteiger partial charge < -0.3 is 10.5 Å². The van der Waals surface area contributed by atoms with Gasteiger partial charge in [-0.25, -0.2) is 0 Å². The van der Waals surface area contributed by atoms with Crippen LogP contribution in [0, 0.1) is 5.41 Å². The molecule has 3 nitrogen and oxygen atoms in total. The van der Waals surface area contributed by atoms with Gasteiger partial charge in [0.05, 0.1) is 12.9 Å². The Morgan fingerprint density at radius 2 is 2.00 bits per heavy atom. The average Bonchev–Trinajstić information content (AvgIpc) is 2.29. The Kier molecular flexibility index (Phi) is 2.77. The van der Waals surface area contributed by atoms with E-state index in [1.54, 1.807) is 7.11 Å². The van der Waals surface area contributed by atoms with Crippen LogP contribution in [-0.2, 0) is 6.42 Å². The van der Waals surface area contributed by atoms with Gasteiger partial charge in [0.2, 0.25) is 0 Å². The van der Waals surface area contributed by atoms with Gasteiger partial charge in [-0.15, -0.1) is 0 Å². The Hall–Kier alpha value is -2.03. The highest BCUT2D eigenvalue weighted by atomic mass is 16.5. The highest BCUT2D eigenvalue weighted by Gasteiger charge is 2.08. The first-order valence-corrected chi connectivity index (χ1v) is 5.10. The third kappa shape index (κ3) is 1.84. The zero-order chi connectivity index (χ0) is 11.5. The van der Waals surface area contributed by atoms with E-state index in [1.807, 2.05) is 36.4 Å². The number of fused-ring (bicyclic) bond motifs is 1. The van der Waals surface area contributed by atoms with Crippen LogP contribution >= 0.6 is 0 Å². The lowest BCUT2D eigenvalue weighted by molar-refractivity contribution is 0.412. The monoisotopic (exact) mass is 214 g/mol. The summed E-state index contributed by atoms with van der Waals surface area (Å²) in [4.78, 5) is 0. The maximum Gasteiger partial charge on any atom is 0.123 e. The van der Waals surface area contributed by atoms with Gasteiger partial charge in [-0.3, -0.25) is 5.41 Å². The van der Waals surface area contributed by atoms with Crippen LogP contribution in [0.3, 0.4) is 0 Å². The second-order valence-corrected chi connectivity index (χ2v) is 3.67. The van der Waals surface area contributed by atoms with Crippen molar-refractivity contribution in [3.8, 4) is 5.75 Å². The average molecular weight is 214 g/mol. The van der Waals surface area contributed by atoms with Crippen molar-refractivity contribution in [2.24, 2.45) is 5.73 Å². The summed E-state index contributed by atoms with van der Waals surface area (Å²) >= 11 is 0. The fourth-order valence-corrected chi connectivity index (χ4v) is 1.88. The minimum atomic E-state index is 0.148. The van der Waals surface area contributed by atoms with Crippen LogP contribution in [0.1, 0.15) is 5.56 Å². The van der Waals surface area contributed by atoms with Crippen molar-refractivity contribution < 1.29 is 4.74 Å². The molecule has 0 saturated carbocycles. The minimum absolute atomic E-state index is 0.148. The molecule has 0 aromatic heterocycles. The van der Waals surface area contributed by atoms with E-state index in [2.05, 4.69) is 0 Å². The van der Waals surface area contributed by atoms with E-state index in [0.29, 0.717) is 6.42 Å². The number of methoxy groups -OCH3 is 1. The fourth-order valence-electron chi connectivity index (χ4n) is 1.88. The van der Waals surface area contributed by atoms with Gasteiger partial charge in [-0.05, 0) is 16.8 Å². The zero-order valence-electron chi connectivity index (χ0n) is 9.16. The van der Waals surface area contributed by atoms with Crippen LogP contribution in [0.4, 0.5) is 0 Å². The van der Waals surface area contributed by atoms with E-state index in [0.717, 1.165) is 22.1 Å². The first-order chi connectivity index (χ1) is 7.72. The Balaban J connectivity index is 2.67. The molecule has 0 bridgehead atoms. The molecule has 2 aromatic carbocycles. The van der Waals surface area contributed by atoms with Crippen LogP contribution in [0.2, 0.25) is 0 Å². The Morgan fingerprint density at radius 1 is 1.25 bits per heavy atom. The van der Waals surface area contributed by atoms with Gasteiger partial charge in [0.1, 0.15) is 5.75 Å². The largest absolute Gasteiger partial charge is 0.496 e. The molecular formula is C13H14N2O. The van der Waals surface area contributed by atoms with E-state index < -0.39 is 0 Å². The number of nitrogens with one attached hydrogen (secondary N) is 1. The molecule has 0 saturated heterocycles. The lowest BCUT2D eigenvalue weighted by atomic mass is 10.0. The third-order valence-corrected chi connectivity index (χ3v) is 2.58. The molecule has 3 heteroatoms. The molecule has 0 fully saturated rings. The van der Waals surface area contributed by atoms with Crippen molar-refractivity contribution in [2.75, 3.05) is 7.11 Å². The maximum atomic E-state index is 7.40. The summed E-state index contributed by atoms with van der Waals surface area (Å²) in [5.74, 6) is 0.934. The molecular weight excluding hydrogens is 200 g/mol. The molecule has 0 aliphatic carbocycles. The Labute approximate surface area is 94.3 Å². The third-order valence-electron chi connectivity index (χ3n) is 2.58. The smallest absolute Gasteiger partial charge is 0.123 e. The molecule has 2 rings (SSSR count). The second-order valence-electron chi connectivity index (χ2n) is 3.67. The molecule has 3 N–H and O–H groups in total. The highest BCUT2D eigenvalue weighted by molar-refractivity contribution is 5.92. The van der Waals surface area contributed by atoms with Crippen molar-refractivity contribution >= 4 is 16.6 Å². The predicted molar refractivity (Wildman–Crippen MR) is 66.1 cm³/mol. The van der Waals surface area contributed by atoms with E-state index in [4.69, 9.17) is 15.9 Å². The topological polar surface area (TPSA) is 59.1 Å². The number of hydrogen-bond donors (Lipinski definition) is 2. The molecule has 0 atom stereocenters. The fraction of sp³-hybridized carbons (Fsp3) is 0.154. The van der Waals surface area contributed by atoms with Crippen LogP contribution < -0.4 is 10.5 Å². The van der Waals surface area contributed by atoms with Gasteiger partial charge in [-0.2, -0.15) is 0 Å². The van der Waals surface area contributed by atoms with E-state index in [1.165, 1.54) is 0 Å². The van der Waals surface area contributed by atoms with Crippen LogP contribution in [0.25, 0.3) is 10.8 Å². The number of rotatable bonds is 3. The van der Waals surface area contributed by atoms with Gasteiger partial charge in [0.25, 0.3) is 0 Å². The number of amidine groups is 1. The predicted octanol–water partition coefficient (Wildman–Crippen LogP) is 2.33. The van der Waals surface area contributed by atoms with Crippen LogP contribution in [-0.4, -0.2) is 12.9 Å². The van der Waals surface area contributed by atoms with Crippen molar-refractivity contribution in [2.45, 2.75) is 6.42 Å². The van der Waals surface area contributed by atoms with Crippen LogP contribution in [0.5, 0.6) is 5.75 Å². The summed E-state index contributed by atoms with van der Waals surface area (Å²) in [6, 6.07) is 12.0. The highest BCUT2D eigenvalue weighted by Crippen LogP contribution is 2.28. The molecule has 0 unspecified atom stereocenters. The summed E-state index contributed by atoms with van der Waals surface area (Å²) in [5.41, 5.74) is 6.45. The first-order valence-electron chi connectivity index (χ1n) is 5.10. The number of nitrogens with two attached hydrogens (primary N) is 1. The first kappa shape index (κ1) is 10.5. The van der Waals surface area contributed by atoms with Crippen LogP contribution in [0.15, 0.2) is 36.4 Å². The summed E-state index contributed by atoms with van der Waals surface area (Å²) in [6.45, 7) is 0. The minimum Gasteiger partial charge on any atom is -0.496 e. The van der Waals surface area contributed by atoms with Gasteiger partial charge in [0.15, 0.2) is 0 Å². The van der Waals surface area contributed by atoms with Crippen molar-refractivity contribution in [3.05, 3.63) is 42.0 Å². The van der Waals surface area contributed by atoms with Gasteiger partial charge in [0, 0.05) is 12.0 Å². The van der Waals surface area contributed by atoms with E-state index >= 15 is 0 Å². The van der Waals surface area contributed by atoms with Gasteiger partial charge in [-0.1, -0.05) is 30.3 Å². The van der Waals surface area contributed by atoms with Crippen molar-refractivity contribution in [3.63, 3.8) is 0 Å². The Morgan fingerprint density at radius 3 is 2.69 bits per heavy atom. The molecule has 16 heavy (non-hydrogen) atoms. The number of ether oxygens (including phenoxy) is 1. The van der Waals surface area contributed by atoms with Crippen molar-refractivity contribution in [1.82, 2.24) is 0 Å². The molecule has 2 aromatic rings. The quantitative estimate of drug-likeness (QED) is 0.608. The molecule has 0 amide bonds. The lowest BCUT2D eigenvalue weighted by Gasteiger charge is -2.11. The summed E-state index contributed by atoms with van der Waals surface area (Å²) in [7, 11) is 1.63. The standard InChI is InChI=1S/C13H14N2O/c1-16-12-7-6-9-4-2-3-5-10(9)11(12)8-13(14)15/h2-7H,8H2,1H3,(H3,14,15). The SMILES string of the molecule is COc1ccc2ccccc2c1CC(=N)N. The normalized spacial score (nSPS) is 10.3. The summed E-state index contributed by atoms with van der Waals surface area (Å²) in [6.07, 6.45) is 0.421. The molecule has 0 aliphatic heterocycles. The molecule has 0 aliphatic rings. The lowest BCUT2D eigenvalue weighted by Crippen LogP contribution is -2.13. The summed E-state index contributed by atoms with van der Waals surface area (Å²) < 4.78 is 5.30. The molecule has 82 valence electrons. The molecule has 0 radical (unpaired) electrons. The van der Waals surface area contributed by atoms with Gasteiger partial charge >= 0.3 is 0 Å². The summed E-state index contributed by atoms with van der Waals surface area (Å²) in [5, 5.41) is 9.63. The molecule has 0 heterocycles. The van der Waals surface area contributed by atoms with Crippen molar-refractivity contribution in [1.29, 1.82) is 5.41 Å². The number of benzene rings is 2. The molecule has 0 spiro atoms. The Bertz CT molecular complexity index is 534. The second kappa shape index (κ2) is 4.23. The zero-order valence-corrected chi connectivity index (χ0v) is 9.16.